The second-order valence-corrected chi connectivity index (χ2v) is 10.4. The van der Waals surface area contributed by atoms with Crippen LogP contribution >= 0.6 is 27.3 Å². The summed E-state index contributed by atoms with van der Waals surface area (Å²) in [4.78, 5) is 15.2. The van der Waals surface area contributed by atoms with Gasteiger partial charge in [0.2, 0.25) is 0 Å². The van der Waals surface area contributed by atoms with Gasteiger partial charge in [0.25, 0.3) is 0 Å². The van der Waals surface area contributed by atoms with Crippen molar-refractivity contribution in [2.45, 2.75) is 26.7 Å². The number of thiophene rings is 1. The maximum absolute atomic E-state index is 4.67. The molecule has 168 valence electrons. The van der Waals surface area contributed by atoms with E-state index in [1.54, 1.807) is 17.7 Å². The summed E-state index contributed by atoms with van der Waals surface area (Å²) in [5.41, 5.74) is 7.09. The monoisotopic (exact) mass is 526 g/mol. The van der Waals surface area contributed by atoms with Crippen LogP contribution in [0.15, 0.2) is 71.5 Å². The molecule has 3 heterocycles. The Morgan fingerprint density at radius 2 is 1.79 bits per heavy atom. The van der Waals surface area contributed by atoms with E-state index in [0.717, 1.165) is 44.6 Å². The number of anilines is 2. The Bertz CT molecular complexity index is 1660. The van der Waals surface area contributed by atoms with E-state index >= 15 is 0 Å². The Labute approximate surface area is 210 Å². The van der Waals surface area contributed by atoms with Crippen LogP contribution in [0, 0.1) is 0 Å². The highest BCUT2D eigenvalue weighted by atomic mass is 79.9. The molecule has 0 atom stereocenters. The van der Waals surface area contributed by atoms with Gasteiger partial charge >= 0.3 is 0 Å². The first kappa shape index (κ1) is 21.3. The highest BCUT2D eigenvalue weighted by Crippen LogP contribution is 2.42. The molecule has 0 bridgehead atoms. The van der Waals surface area contributed by atoms with Gasteiger partial charge < -0.3 is 10.3 Å². The van der Waals surface area contributed by atoms with E-state index in [4.69, 9.17) is 0 Å². The van der Waals surface area contributed by atoms with E-state index in [-0.39, 0.29) is 0 Å². The minimum absolute atomic E-state index is 0.837. The molecule has 4 nitrogen and oxygen atoms in total. The first-order valence-corrected chi connectivity index (χ1v) is 13.1. The van der Waals surface area contributed by atoms with Gasteiger partial charge in [-0.3, -0.25) is 0 Å². The molecule has 0 spiro atoms. The predicted octanol–water partition coefficient (Wildman–Crippen LogP) is 8.62. The molecule has 2 N–H and O–H groups in total. The minimum atomic E-state index is 0.837. The standard InChI is InChI=1S/C28H23BrN4S/c1-3-16-6-5-7-21-20-13-12-19(14-22(20)33-26(16)21)32-27-25-24(17-8-10-18(29)11-9-17)23(4-2)34-28(25)31-15-30-27/h5-15,33H,3-4H2,1-2H3,(H,30,31,32). The van der Waals surface area contributed by atoms with Crippen molar-refractivity contribution in [2.24, 2.45) is 0 Å². The molecule has 34 heavy (non-hydrogen) atoms. The molecular weight excluding hydrogens is 504 g/mol. The third kappa shape index (κ3) is 3.49. The van der Waals surface area contributed by atoms with E-state index in [9.17, 15) is 0 Å². The van der Waals surface area contributed by atoms with Crippen molar-refractivity contribution in [3.8, 4) is 11.1 Å². The van der Waals surface area contributed by atoms with Crippen molar-refractivity contribution in [1.29, 1.82) is 0 Å². The fourth-order valence-electron chi connectivity index (χ4n) is 4.74. The quantitative estimate of drug-likeness (QED) is 0.236. The van der Waals surface area contributed by atoms with E-state index in [1.807, 2.05) is 0 Å². The molecule has 6 heteroatoms. The van der Waals surface area contributed by atoms with Crippen molar-refractivity contribution < 1.29 is 0 Å². The number of fused-ring (bicyclic) bond motifs is 4. The zero-order valence-corrected chi connectivity index (χ0v) is 21.3. The number of aromatic amines is 1. The highest BCUT2D eigenvalue weighted by molar-refractivity contribution is 9.10. The van der Waals surface area contributed by atoms with Gasteiger partial charge in [-0.1, -0.05) is 66.2 Å². The van der Waals surface area contributed by atoms with E-state index < -0.39 is 0 Å². The molecule has 3 aromatic carbocycles. The average molecular weight is 527 g/mol. The van der Waals surface area contributed by atoms with Crippen LogP contribution < -0.4 is 5.32 Å². The Kier molecular flexibility index (Phi) is 5.35. The van der Waals surface area contributed by atoms with E-state index in [1.165, 1.54) is 37.9 Å². The molecule has 0 amide bonds. The molecule has 6 rings (SSSR count). The number of hydrogen-bond donors (Lipinski definition) is 2. The van der Waals surface area contributed by atoms with Gasteiger partial charge in [0.15, 0.2) is 0 Å². The largest absolute Gasteiger partial charge is 0.354 e. The Morgan fingerprint density at radius 3 is 2.59 bits per heavy atom. The number of H-pyrrole nitrogens is 1. The van der Waals surface area contributed by atoms with Crippen LogP contribution in [0.4, 0.5) is 11.5 Å². The van der Waals surface area contributed by atoms with Crippen molar-refractivity contribution in [2.75, 3.05) is 5.32 Å². The number of benzene rings is 3. The SMILES string of the molecule is CCc1sc2ncnc(Nc3ccc4c(c3)[nH]c3c(CC)cccc34)c2c1-c1ccc(Br)cc1. The van der Waals surface area contributed by atoms with Crippen LogP contribution in [0.1, 0.15) is 24.3 Å². The average Bonchev–Trinajstić information content (AvgIpc) is 3.43. The molecule has 6 aromatic rings. The topological polar surface area (TPSA) is 53.6 Å². The highest BCUT2D eigenvalue weighted by Gasteiger charge is 2.18. The van der Waals surface area contributed by atoms with Crippen molar-refractivity contribution in [3.63, 3.8) is 0 Å². The number of rotatable bonds is 5. The first-order chi connectivity index (χ1) is 16.7. The summed E-state index contributed by atoms with van der Waals surface area (Å²) < 4.78 is 1.07. The summed E-state index contributed by atoms with van der Waals surface area (Å²) >= 11 is 5.30. The molecule has 0 fully saturated rings. The van der Waals surface area contributed by atoms with Gasteiger partial charge in [0.1, 0.15) is 17.0 Å². The van der Waals surface area contributed by atoms with Gasteiger partial charge in [0.05, 0.1) is 5.39 Å². The molecule has 0 saturated carbocycles. The predicted molar refractivity (Wildman–Crippen MR) is 148 cm³/mol. The van der Waals surface area contributed by atoms with Crippen LogP contribution in [0.2, 0.25) is 0 Å². The van der Waals surface area contributed by atoms with Crippen LogP contribution in [0.5, 0.6) is 0 Å². The van der Waals surface area contributed by atoms with Gasteiger partial charge in [0, 0.05) is 42.4 Å². The maximum atomic E-state index is 4.67. The van der Waals surface area contributed by atoms with E-state index in [2.05, 4.69) is 111 Å². The van der Waals surface area contributed by atoms with Crippen LogP contribution in [-0.4, -0.2) is 15.0 Å². The van der Waals surface area contributed by atoms with Crippen LogP contribution in [0.25, 0.3) is 43.1 Å². The summed E-state index contributed by atoms with van der Waals surface area (Å²) in [5, 5.41) is 7.19. The lowest BCUT2D eigenvalue weighted by Crippen LogP contribution is -1.96. The van der Waals surface area contributed by atoms with Gasteiger partial charge in [-0.15, -0.1) is 11.3 Å². The normalized spacial score (nSPS) is 11.6. The van der Waals surface area contributed by atoms with Gasteiger partial charge in [-0.05, 0) is 48.2 Å². The Morgan fingerprint density at radius 1 is 0.941 bits per heavy atom. The first-order valence-electron chi connectivity index (χ1n) is 11.5. The number of nitrogens with one attached hydrogen (secondary N) is 2. The number of halogens is 1. The summed E-state index contributed by atoms with van der Waals surface area (Å²) in [6, 6.07) is 21.5. The summed E-state index contributed by atoms with van der Waals surface area (Å²) in [5.74, 6) is 0.837. The maximum Gasteiger partial charge on any atom is 0.143 e. The smallest absolute Gasteiger partial charge is 0.143 e. The Hall–Kier alpha value is -3.22. The summed E-state index contributed by atoms with van der Waals surface area (Å²) in [6.45, 7) is 4.39. The van der Waals surface area contributed by atoms with Crippen LogP contribution in [-0.2, 0) is 12.8 Å². The molecule has 0 aliphatic heterocycles. The third-order valence-corrected chi connectivity index (χ3v) is 8.15. The minimum Gasteiger partial charge on any atom is -0.354 e. The zero-order chi connectivity index (χ0) is 23.2. The molecule has 0 unspecified atom stereocenters. The number of hydrogen-bond acceptors (Lipinski definition) is 4. The van der Waals surface area contributed by atoms with Gasteiger partial charge in [-0.2, -0.15) is 0 Å². The molecule has 3 aromatic heterocycles. The second kappa shape index (κ2) is 8.53. The van der Waals surface area contributed by atoms with Crippen molar-refractivity contribution in [3.05, 3.63) is 81.9 Å². The van der Waals surface area contributed by atoms with Crippen molar-refractivity contribution in [1.82, 2.24) is 15.0 Å². The molecule has 0 radical (unpaired) electrons. The van der Waals surface area contributed by atoms with Crippen LogP contribution in [0.3, 0.4) is 0 Å². The number of nitrogens with zero attached hydrogens (tertiary/aromatic N) is 2. The second-order valence-electron chi connectivity index (χ2n) is 8.37. The number of para-hydroxylation sites is 1. The lowest BCUT2D eigenvalue weighted by atomic mass is 10.0. The molecular formula is C28H23BrN4S. The molecule has 0 saturated heterocycles. The van der Waals surface area contributed by atoms with Crippen molar-refractivity contribution >= 4 is 70.8 Å². The number of aryl methyl sites for hydroxylation is 2. The van der Waals surface area contributed by atoms with E-state index in [0.29, 0.717) is 0 Å². The lowest BCUT2D eigenvalue weighted by molar-refractivity contribution is 1.15. The van der Waals surface area contributed by atoms with Gasteiger partial charge in [-0.25, -0.2) is 9.97 Å². The lowest BCUT2D eigenvalue weighted by Gasteiger charge is -2.10. The number of aromatic nitrogens is 3. The zero-order valence-electron chi connectivity index (χ0n) is 18.9. The fraction of sp³-hybridized carbons (Fsp3) is 0.143. The summed E-state index contributed by atoms with van der Waals surface area (Å²) in [6.07, 6.45) is 3.61. The summed E-state index contributed by atoms with van der Waals surface area (Å²) in [7, 11) is 0. The molecule has 0 aliphatic carbocycles. The molecule has 0 aliphatic rings. The third-order valence-electron chi connectivity index (χ3n) is 6.38. The fourth-order valence-corrected chi connectivity index (χ4v) is 6.11. The Balaban J connectivity index is 1.49.